The summed E-state index contributed by atoms with van der Waals surface area (Å²) in [5.41, 5.74) is 1.08. The van der Waals surface area contributed by atoms with Gasteiger partial charge in [-0.05, 0) is 36.3 Å². The first kappa shape index (κ1) is 19.0. The Hall–Kier alpha value is -1.01. The molecule has 0 aliphatic rings. The SMILES string of the molecule is CS[C@H](C)C(=O)NCCS(=O)(=O)c1ccc(C(C)(C)C)cc1. The molecule has 0 saturated heterocycles. The molecule has 1 aromatic rings. The van der Waals surface area contributed by atoms with Crippen LogP contribution in [0.5, 0.6) is 0 Å². The summed E-state index contributed by atoms with van der Waals surface area (Å²) in [4.78, 5) is 11.9. The molecule has 1 amide bonds. The van der Waals surface area contributed by atoms with Crippen molar-refractivity contribution >= 4 is 27.5 Å². The third-order valence-corrected chi connectivity index (χ3v) is 6.13. The minimum atomic E-state index is -3.37. The fraction of sp³-hybridized carbons (Fsp3) is 0.562. The smallest absolute Gasteiger partial charge is 0.232 e. The van der Waals surface area contributed by atoms with E-state index < -0.39 is 9.84 Å². The number of nitrogens with one attached hydrogen (secondary N) is 1. The first-order valence-corrected chi connectivity index (χ1v) is 10.2. The average Bonchev–Trinajstić information content (AvgIpc) is 2.45. The van der Waals surface area contributed by atoms with Crippen LogP contribution in [-0.2, 0) is 20.0 Å². The van der Waals surface area contributed by atoms with E-state index in [1.54, 1.807) is 19.1 Å². The van der Waals surface area contributed by atoms with Crippen molar-refractivity contribution in [3.05, 3.63) is 29.8 Å². The normalized spacial score (nSPS) is 13.7. The summed E-state index contributed by atoms with van der Waals surface area (Å²) in [5.74, 6) is -0.222. The second-order valence-corrected chi connectivity index (χ2v) is 9.55. The highest BCUT2D eigenvalue weighted by Gasteiger charge is 2.18. The molecular weight excluding hydrogens is 318 g/mol. The first-order chi connectivity index (χ1) is 10.1. The summed E-state index contributed by atoms with van der Waals surface area (Å²) in [5, 5.41) is 2.48. The van der Waals surface area contributed by atoms with Crippen LogP contribution in [0, 0.1) is 0 Å². The first-order valence-electron chi connectivity index (χ1n) is 7.22. The van der Waals surface area contributed by atoms with Gasteiger partial charge in [0.25, 0.3) is 0 Å². The Balaban J connectivity index is 2.69. The van der Waals surface area contributed by atoms with Crippen LogP contribution in [0.3, 0.4) is 0 Å². The van der Waals surface area contributed by atoms with Crippen molar-refractivity contribution < 1.29 is 13.2 Å². The van der Waals surface area contributed by atoms with E-state index in [4.69, 9.17) is 0 Å². The van der Waals surface area contributed by atoms with Gasteiger partial charge in [0.1, 0.15) is 0 Å². The largest absolute Gasteiger partial charge is 0.354 e. The monoisotopic (exact) mass is 343 g/mol. The maximum absolute atomic E-state index is 12.3. The van der Waals surface area contributed by atoms with Gasteiger partial charge in [0.2, 0.25) is 5.91 Å². The summed E-state index contributed by atoms with van der Waals surface area (Å²) in [6.07, 6.45) is 1.85. The molecule has 4 nitrogen and oxygen atoms in total. The van der Waals surface area contributed by atoms with Gasteiger partial charge >= 0.3 is 0 Å². The Bertz CT molecular complexity index is 601. The molecule has 1 rings (SSSR count). The molecule has 6 heteroatoms. The fourth-order valence-corrected chi connectivity index (χ4v) is 3.29. The molecule has 0 heterocycles. The summed E-state index contributed by atoms with van der Waals surface area (Å²) in [6, 6.07) is 6.98. The maximum atomic E-state index is 12.3. The van der Waals surface area contributed by atoms with E-state index in [1.165, 1.54) is 11.8 Å². The van der Waals surface area contributed by atoms with Crippen LogP contribution in [0.15, 0.2) is 29.2 Å². The summed E-state index contributed by atoms with van der Waals surface area (Å²) < 4.78 is 24.5. The number of hydrogen-bond donors (Lipinski definition) is 1. The lowest BCUT2D eigenvalue weighted by atomic mass is 9.87. The zero-order valence-corrected chi connectivity index (χ0v) is 15.5. The number of carbonyl (C=O) groups excluding carboxylic acids is 1. The Morgan fingerprint density at radius 2 is 1.77 bits per heavy atom. The summed E-state index contributed by atoms with van der Waals surface area (Å²) in [7, 11) is -3.37. The molecular formula is C16H25NO3S2. The van der Waals surface area contributed by atoms with Gasteiger partial charge in [-0.3, -0.25) is 4.79 Å². The van der Waals surface area contributed by atoms with Crippen molar-refractivity contribution in [1.82, 2.24) is 5.32 Å². The zero-order valence-electron chi connectivity index (χ0n) is 13.8. The van der Waals surface area contributed by atoms with Gasteiger partial charge in [-0.25, -0.2) is 8.42 Å². The number of sulfone groups is 1. The van der Waals surface area contributed by atoms with Crippen LogP contribution < -0.4 is 5.32 Å². The second-order valence-electron chi connectivity index (χ2n) is 6.26. The number of carbonyl (C=O) groups is 1. The summed E-state index contributed by atoms with van der Waals surface area (Å²) in [6.45, 7) is 8.17. The number of thioether (sulfide) groups is 1. The van der Waals surface area contributed by atoms with Crippen molar-refractivity contribution in [2.24, 2.45) is 0 Å². The molecule has 0 aliphatic carbocycles. The Labute approximate surface area is 138 Å². The quantitative estimate of drug-likeness (QED) is 0.862. The van der Waals surface area contributed by atoms with E-state index in [0.717, 1.165) is 5.56 Å². The molecule has 1 N–H and O–H groups in total. The van der Waals surface area contributed by atoms with E-state index in [0.29, 0.717) is 4.90 Å². The maximum Gasteiger partial charge on any atom is 0.232 e. The Kier molecular flexibility index (Phi) is 6.50. The Morgan fingerprint density at radius 1 is 1.23 bits per heavy atom. The molecule has 1 aromatic carbocycles. The van der Waals surface area contributed by atoms with E-state index in [9.17, 15) is 13.2 Å². The predicted octanol–water partition coefficient (Wildman–Crippen LogP) is 2.63. The minimum absolute atomic E-state index is 0.00970. The third kappa shape index (κ3) is 5.32. The lowest BCUT2D eigenvalue weighted by molar-refractivity contribution is -0.120. The lowest BCUT2D eigenvalue weighted by Gasteiger charge is -2.19. The van der Waals surface area contributed by atoms with Crippen molar-refractivity contribution in [2.75, 3.05) is 18.6 Å². The average molecular weight is 344 g/mol. The van der Waals surface area contributed by atoms with Crippen molar-refractivity contribution in [2.45, 2.75) is 43.3 Å². The van der Waals surface area contributed by atoms with Crippen LogP contribution in [0.1, 0.15) is 33.3 Å². The Morgan fingerprint density at radius 3 is 2.23 bits per heavy atom. The standard InChI is InChI=1S/C16H25NO3S2/c1-12(21-5)15(18)17-10-11-22(19,20)14-8-6-13(7-9-14)16(2,3)4/h6-9,12H,10-11H2,1-5H3,(H,17,18)/t12-/m1/s1. The fourth-order valence-electron chi connectivity index (χ4n) is 1.84. The third-order valence-electron chi connectivity index (χ3n) is 3.47. The van der Waals surface area contributed by atoms with Gasteiger partial charge in [-0.15, -0.1) is 0 Å². The molecule has 0 spiro atoms. The van der Waals surface area contributed by atoms with Gasteiger partial charge in [-0.2, -0.15) is 11.8 Å². The molecule has 0 unspecified atom stereocenters. The van der Waals surface area contributed by atoms with Crippen molar-refractivity contribution in [3.8, 4) is 0 Å². The van der Waals surface area contributed by atoms with E-state index in [-0.39, 0.29) is 28.9 Å². The molecule has 0 fully saturated rings. The van der Waals surface area contributed by atoms with Crippen molar-refractivity contribution in [1.29, 1.82) is 0 Å². The highest BCUT2D eigenvalue weighted by Crippen LogP contribution is 2.23. The van der Waals surface area contributed by atoms with E-state index in [1.807, 2.05) is 18.4 Å². The summed E-state index contributed by atoms with van der Waals surface area (Å²) >= 11 is 1.43. The zero-order chi connectivity index (χ0) is 17.0. The molecule has 0 bridgehead atoms. The molecule has 22 heavy (non-hydrogen) atoms. The lowest BCUT2D eigenvalue weighted by Crippen LogP contribution is -2.34. The van der Waals surface area contributed by atoms with Crippen LogP contribution in [0.2, 0.25) is 0 Å². The topological polar surface area (TPSA) is 63.2 Å². The molecule has 0 aliphatic heterocycles. The molecule has 124 valence electrons. The van der Waals surface area contributed by atoms with Gasteiger partial charge in [0.05, 0.1) is 15.9 Å². The van der Waals surface area contributed by atoms with Crippen LogP contribution >= 0.6 is 11.8 Å². The molecule has 0 aromatic heterocycles. The predicted molar refractivity (Wildman–Crippen MR) is 93.2 cm³/mol. The number of benzene rings is 1. The van der Waals surface area contributed by atoms with Gasteiger partial charge in [-0.1, -0.05) is 32.9 Å². The number of amides is 1. The molecule has 0 radical (unpaired) electrons. The van der Waals surface area contributed by atoms with E-state index in [2.05, 4.69) is 26.1 Å². The number of hydrogen-bond acceptors (Lipinski definition) is 4. The second kappa shape index (κ2) is 7.51. The minimum Gasteiger partial charge on any atom is -0.354 e. The van der Waals surface area contributed by atoms with Crippen LogP contribution in [0.25, 0.3) is 0 Å². The molecule has 1 atom stereocenters. The molecule has 0 saturated carbocycles. The number of rotatable bonds is 6. The van der Waals surface area contributed by atoms with E-state index >= 15 is 0 Å². The van der Waals surface area contributed by atoms with Crippen LogP contribution in [0.4, 0.5) is 0 Å². The van der Waals surface area contributed by atoms with Gasteiger partial charge in [0, 0.05) is 6.54 Å². The highest BCUT2D eigenvalue weighted by molar-refractivity contribution is 7.99. The van der Waals surface area contributed by atoms with Crippen LogP contribution in [-0.4, -0.2) is 38.1 Å². The highest BCUT2D eigenvalue weighted by atomic mass is 32.2. The van der Waals surface area contributed by atoms with Gasteiger partial charge < -0.3 is 5.32 Å². The van der Waals surface area contributed by atoms with Crippen molar-refractivity contribution in [3.63, 3.8) is 0 Å². The van der Waals surface area contributed by atoms with Gasteiger partial charge in [0.15, 0.2) is 9.84 Å².